The van der Waals surface area contributed by atoms with Gasteiger partial charge < -0.3 is 0 Å². The monoisotopic (exact) mass is 718 g/mol. The van der Waals surface area contributed by atoms with Crippen molar-refractivity contribution in [2.24, 2.45) is 0 Å². The van der Waals surface area contributed by atoms with Gasteiger partial charge in [0, 0.05) is 30.9 Å². The summed E-state index contributed by atoms with van der Waals surface area (Å²) in [5.41, 5.74) is 7.56. The number of benzene rings is 10. The molecule has 0 fully saturated rings. The normalized spacial score (nSPS) is 12.1. The summed E-state index contributed by atoms with van der Waals surface area (Å²) in [4.78, 5) is 0. The Hall–Kier alpha value is -6.32. The van der Waals surface area contributed by atoms with Crippen LogP contribution in [0.25, 0.3) is 117 Å². The summed E-state index contributed by atoms with van der Waals surface area (Å²) in [5.74, 6) is 0. The van der Waals surface area contributed by atoms with E-state index in [9.17, 15) is 0 Å². The summed E-state index contributed by atoms with van der Waals surface area (Å²) < 4.78 is 5.52. The second-order valence-corrected chi connectivity index (χ2v) is 16.5. The molecule has 10 aromatic carbocycles. The third kappa shape index (κ3) is 4.42. The van der Waals surface area contributed by atoms with Crippen LogP contribution in [0.1, 0.15) is 0 Å². The van der Waals surface area contributed by atoms with Crippen LogP contribution in [0.5, 0.6) is 0 Å². The predicted octanol–water partition coefficient (Wildman–Crippen LogP) is 16.0. The van der Waals surface area contributed by atoms with Crippen molar-refractivity contribution in [3.05, 3.63) is 182 Å². The molecule has 0 radical (unpaired) electrons. The number of thiophene rings is 2. The highest BCUT2D eigenvalue weighted by molar-refractivity contribution is 7.33. The summed E-state index contributed by atoms with van der Waals surface area (Å²) >= 11 is 3.85. The molecule has 0 saturated carbocycles. The summed E-state index contributed by atoms with van der Waals surface area (Å²) in [5, 5.41) is 15.6. The second kappa shape index (κ2) is 11.6. The lowest BCUT2D eigenvalue weighted by Crippen LogP contribution is -1.91. The quantitative estimate of drug-likeness (QED) is 0.160. The molecule has 0 saturated heterocycles. The number of rotatable bonds is 3. The van der Waals surface area contributed by atoms with Crippen molar-refractivity contribution in [3.8, 4) is 33.4 Å². The SMILES string of the molecule is c1ccc2c(-c3c4ccccc4c(-c4ccc(-c5ccc6cc7sc8c(ccc9c%10ccccc%10sc98)c7cc6c5)cc4)c4ccccc34)cccc2c1. The zero-order chi connectivity index (χ0) is 35.3. The van der Waals surface area contributed by atoms with Gasteiger partial charge >= 0.3 is 0 Å². The van der Waals surface area contributed by atoms with Crippen LogP contribution < -0.4 is 0 Å². The molecule has 0 N–H and O–H groups in total. The Labute approximate surface area is 319 Å². The van der Waals surface area contributed by atoms with Crippen LogP contribution in [0.4, 0.5) is 0 Å². The minimum Gasteiger partial charge on any atom is -0.134 e. The molecule has 0 atom stereocenters. The van der Waals surface area contributed by atoms with Crippen molar-refractivity contribution in [2.75, 3.05) is 0 Å². The average molecular weight is 719 g/mol. The van der Waals surface area contributed by atoms with Gasteiger partial charge in [-0.15, -0.1) is 22.7 Å². The van der Waals surface area contributed by atoms with E-state index in [4.69, 9.17) is 0 Å². The van der Waals surface area contributed by atoms with E-state index in [2.05, 4.69) is 182 Å². The van der Waals surface area contributed by atoms with Crippen molar-refractivity contribution < 1.29 is 0 Å². The van der Waals surface area contributed by atoms with Gasteiger partial charge in [0.25, 0.3) is 0 Å². The fourth-order valence-corrected chi connectivity index (χ4v) is 11.5. The molecule has 0 aliphatic heterocycles. The fourth-order valence-electron chi connectivity index (χ4n) is 8.94. The number of fused-ring (bicyclic) bond motifs is 11. The molecule has 0 amide bonds. The fraction of sp³-hybridized carbons (Fsp3) is 0. The average Bonchev–Trinajstić information content (AvgIpc) is 3.80. The molecule has 0 unspecified atom stereocenters. The molecule has 250 valence electrons. The molecule has 2 heterocycles. The number of hydrogen-bond acceptors (Lipinski definition) is 2. The molecule has 0 bridgehead atoms. The van der Waals surface area contributed by atoms with E-state index in [1.54, 1.807) is 0 Å². The van der Waals surface area contributed by atoms with Gasteiger partial charge in [-0.25, -0.2) is 0 Å². The molecule has 0 aliphatic carbocycles. The highest BCUT2D eigenvalue weighted by Gasteiger charge is 2.18. The maximum Gasteiger partial charge on any atom is 0.0534 e. The first-order valence-corrected chi connectivity index (χ1v) is 20.1. The van der Waals surface area contributed by atoms with Crippen LogP contribution in [0.15, 0.2) is 182 Å². The van der Waals surface area contributed by atoms with Crippen molar-refractivity contribution in [1.29, 1.82) is 0 Å². The van der Waals surface area contributed by atoms with Gasteiger partial charge in [0.1, 0.15) is 0 Å². The maximum atomic E-state index is 2.41. The lowest BCUT2D eigenvalue weighted by molar-refractivity contribution is 1.63. The molecule has 0 aliphatic rings. The third-order valence-electron chi connectivity index (χ3n) is 11.4. The first-order chi connectivity index (χ1) is 26.8. The molecule has 0 spiro atoms. The van der Waals surface area contributed by atoms with Gasteiger partial charge in [0.15, 0.2) is 0 Å². The van der Waals surface area contributed by atoms with E-state index in [1.165, 1.54) is 117 Å². The standard InChI is InChI=1S/C52H30S2/c1-2-12-37-32(10-1)11-9-18-39(37)50-42-16-5-3-14-40(42)49(41-15-4-6-17-43(41)50)33-22-20-31(21-23-33)34-24-25-35-30-48-46(29-36(35)28-34)45-27-26-44-38-13-7-8-19-47(38)53-51(44)52(45)54-48/h1-30H. The second-order valence-electron chi connectivity index (χ2n) is 14.4. The van der Waals surface area contributed by atoms with Crippen LogP contribution in [-0.2, 0) is 0 Å². The van der Waals surface area contributed by atoms with E-state index < -0.39 is 0 Å². The largest absolute Gasteiger partial charge is 0.134 e. The zero-order valence-corrected chi connectivity index (χ0v) is 30.8. The van der Waals surface area contributed by atoms with Gasteiger partial charge in [-0.3, -0.25) is 0 Å². The summed E-state index contributed by atoms with van der Waals surface area (Å²) in [6.45, 7) is 0. The Bertz CT molecular complexity index is 3430. The minimum atomic E-state index is 1.23. The molecule has 12 rings (SSSR count). The van der Waals surface area contributed by atoms with Crippen LogP contribution in [0.3, 0.4) is 0 Å². The van der Waals surface area contributed by atoms with Gasteiger partial charge in [-0.1, -0.05) is 158 Å². The van der Waals surface area contributed by atoms with Crippen molar-refractivity contribution in [1.82, 2.24) is 0 Å². The van der Waals surface area contributed by atoms with Crippen LogP contribution in [0, 0.1) is 0 Å². The van der Waals surface area contributed by atoms with Gasteiger partial charge in [0.05, 0.1) is 9.40 Å². The predicted molar refractivity (Wildman–Crippen MR) is 239 cm³/mol. The first kappa shape index (κ1) is 30.2. The van der Waals surface area contributed by atoms with Crippen molar-refractivity contribution in [2.45, 2.75) is 0 Å². The maximum absolute atomic E-state index is 2.41. The summed E-state index contributed by atoms with van der Waals surface area (Å²) in [6.07, 6.45) is 0. The van der Waals surface area contributed by atoms with Gasteiger partial charge in [0.2, 0.25) is 0 Å². The van der Waals surface area contributed by atoms with Crippen LogP contribution >= 0.6 is 22.7 Å². The Morgan fingerprint density at radius 1 is 0.259 bits per heavy atom. The van der Waals surface area contributed by atoms with E-state index in [0.29, 0.717) is 0 Å². The smallest absolute Gasteiger partial charge is 0.0534 e. The molecule has 12 aromatic rings. The third-order valence-corrected chi connectivity index (χ3v) is 14.0. The molecule has 2 heteroatoms. The Morgan fingerprint density at radius 3 is 1.56 bits per heavy atom. The van der Waals surface area contributed by atoms with Gasteiger partial charge in [-0.05, 0) is 101 Å². The molecule has 2 aromatic heterocycles. The highest BCUT2D eigenvalue weighted by atomic mass is 32.1. The van der Waals surface area contributed by atoms with Gasteiger partial charge in [-0.2, -0.15) is 0 Å². The summed E-state index contributed by atoms with van der Waals surface area (Å²) in [7, 11) is 0. The molecular formula is C52H30S2. The highest BCUT2D eigenvalue weighted by Crippen LogP contribution is 2.47. The van der Waals surface area contributed by atoms with E-state index in [-0.39, 0.29) is 0 Å². The zero-order valence-electron chi connectivity index (χ0n) is 29.1. The number of hydrogen-bond donors (Lipinski definition) is 0. The molecule has 0 nitrogen and oxygen atoms in total. The Balaban J connectivity index is 0.986. The van der Waals surface area contributed by atoms with E-state index in [0.717, 1.165) is 0 Å². The van der Waals surface area contributed by atoms with Crippen molar-refractivity contribution >= 4 is 106 Å². The lowest BCUT2D eigenvalue weighted by atomic mass is 9.84. The van der Waals surface area contributed by atoms with Crippen molar-refractivity contribution in [3.63, 3.8) is 0 Å². The Morgan fingerprint density at radius 2 is 0.815 bits per heavy atom. The summed E-state index contributed by atoms with van der Waals surface area (Å²) in [6, 6.07) is 67.8. The van der Waals surface area contributed by atoms with E-state index >= 15 is 0 Å². The molecular weight excluding hydrogens is 689 g/mol. The Kier molecular flexibility index (Phi) is 6.48. The van der Waals surface area contributed by atoms with Crippen LogP contribution in [0.2, 0.25) is 0 Å². The lowest BCUT2D eigenvalue weighted by Gasteiger charge is -2.19. The minimum absolute atomic E-state index is 1.23. The topological polar surface area (TPSA) is 0 Å². The first-order valence-electron chi connectivity index (χ1n) is 18.5. The molecule has 54 heavy (non-hydrogen) atoms. The van der Waals surface area contributed by atoms with Crippen LogP contribution in [-0.4, -0.2) is 0 Å². The van der Waals surface area contributed by atoms with E-state index in [1.807, 2.05) is 22.7 Å².